The summed E-state index contributed by atoms with van der Waals surface area (Å²) in [5.74, 6) is 0. The molecule has 0 unspecified atom stereocenters. The van der Waals surface area contributed by atoms with Crippen molar-refractivity contribution in [3.8, 4) is 0 Å². The lowest BCUT2D eigenvalue weighted by Gasteiger charge is -1.99. The van der Waals surface area contributed by atoms with Gasteiger partial charge in [-0.25, -0.2) is 0 Å². The van der Waals surface area contributed by atoms with Crippen LogP contribution in [0.25, 0.3) is 10.1 Å². The highest BCUT2D eigenvalue weighted by atomic mass is 32.1. The molecule has 2 aromatic rings. The molecule has 0 amide bonds. The van der Waals surface area contributed by atoms with Gasteiger partial charge in [0.1, 0.15) is 0 Å². The summed E-state index contributed by atoms with van der Waals surface area (Å²) >= 11 is 1.85. The molecule has 0 saturated carbocycles. The van der Waals surface area contributed by atoms with Crippen LogP contribution in [-0.2, 0) is 12.8 Å². The average Bonchev–Trinajstić information content (AvgIpc) is 2.71. The summed E-state index contributed by atoms with van der Waals surface area (Å²) in [6.07, 6.45) is 3.94. The highest BCUT2D eigenvalue weighted by Crippen LogP contribution is 2.32. The first-order valence-corrected chi connectivity index (χ1v) is 5.31. The number of rotatable bonds is 0. The summed E-state index contributed by atoms with van der Waals surface area (Å²) in [5.41, 5.74) is 3.20. The summed E-state index contributed by atoms with van der Waals surface area (Å²) in [7, 11) is 0. The third-order valence-corrected chi connectivity index (χ3v) is 3.60. The number of thiophene rings is 1. The molecule has 0 spiro atoms. The second-order valence-corrected chi connectivity index (χ2v) is 4.34. The van der Waals surface area contributed by atoms with Crippen LogP contribution in [0.15, 0.2) is 23.6 Å². The first-order chi connectivity index (χ1) is 5.95. The molecule has 1 aromatic carbocycles. The number of aryl methyl sites for hydroxylation is 2. The van der Waals surface area contributed by atoms with Crippen molar-refractivity contribution >= 4 is 21.4 Å². The minimum Gasteiger partial charge on any atom is -0.144 e. The molecule has 1 aromatic heterocycles. The molecule has 12 heavy (non-hydrogen) atoms. The van der Waals surface area contributed by atoms with Gasteiger partial charge in [-0.15, -0.1) is 11.3 Å². The lowest BCUT2D eigenvalue weighted by molar-refractivity contribution is 0.913. The predicted molar refractivity (Wildman–Crippen MR) is 53.9 cm³/mol. The van der Waals surface area contributed by atoms with Crippen molar-refractivity contribution in [2.45, 2.75) is 19.3 Å². The van der Waals surface area contributed by atoms with E-state index in [-0.39, 0.29) is 0 Å². The molecular weight excluding hydrogens is 164 g/mol. The van der Waals surface area contributed by atoms with E-state index < -0.39 is 0 Å². The van der Waals surface area contributed by atoms with E-state index in [2.05, 4.69) is 23.6 Å². The second-order valence-electron chi connectivity index (χ2n) is 3.39. The SMILES string of the molecule is c1cc2c3c(ccc2s1)CCC3. The van der Waals surface area contributed by atoms with Crippen LogP contribution in [0.4, 0.5) is 0 Å². The standard InChI is InChI=1S/C11H10S/c1-2-8-4-5-11-10(6-7-12-11)9(8)3-1/h4-7H,1-3H2. The molecule has 0 bridgehead atoms. The summed E-state index contributed by atoms with van der Waals surface area (Å²) in [4.78, 5) is 0. The Morgan fingerprint density at radius 2 is 2.08 bits per heavy atom. The molecule has 3 rings (SSSR count). The van der Waals surface area contributed by atoms with E-state index >= 15 is 0 Å². The molecule has 1 heteroatoms. The molecule has 0 saturated heterocycles. The second kappa shape index (κ2) is 2.33. The van der Waals surface area contributed by atoms with Crippen LogP contribution in [0.5, 0.6) is 0 Å². The van der Waals surface area contributed by atoms with Gasteiger partial charge in [-0.3, -0.25) is 0 Å². The van der Waals surface area contributed by atoms with Crippen LogP contribution < -0.4 is 0 Å². The molecule has 1 aliphatic carbocycles. The fraction of sp³-hybridized carbons (Fsp3) is 0.273. The van der Waals surface area contributed by atoms with E-state index in [0.29, 0.717) is 0 Å². The number of hydrogen-bond acceptors (Lipinski definition) is 1. The number of benzene rings is 1. The molecule has 0 aliphatic heterocycles. The van der Waals surface area contributed by atoms with Crippen molar-refractivity contribution < 1.29 is 0 Å². The quantitative estimate of drug-likeness (QED) is 0.574. The highest BCUT2D eigenvalue weighted by molar-refractivity contribution is 7.17. The van der Waals surface area contributed by atoms with Gasteiger partial charge in [-0.1, -0.05) is 6.07 Å². The molecule has 1 heterocycles. The summed E-state index contributed by atoms with van der Waals surface area (Å²) in [5, 5.41) is 3.71. The van der Waals surface area contributed by atoms with E-state index in [1.807, 2.05) is 11.3 Å². The van der Waals surface area contributed by atoms with Crippen molar-refractivity contribution in [1.29, 1.82) is 0 Å². The first-order valence-electron chi connectivity index (χ1n) is 4.43. The zero-order chi connectivity index (χ0) is 7.97. The Hall–Kier alpha value is -0.820. The van der Waals surface area contributed by atoms with Gasteiger partial charge >= 0.3 is 0 Å². The molecule has 0 nitrogen and oxygen atoms in total. The van der Waals surface area contributed by atoms with E-state index in [0.717, 1.165) is 0 Å². The number of fused-ring (bicyclic) bond motifs is 3. The van der Waals surface area contributed by atoms with Crippen molar-refractivity contribution in [2.24, 2.45) is 0 Å². The van der Waals surface area contributed by atoms with Crippen LogP contribution in [-0.4, -0.2) is 0 Å². The van der Waals surface area contributed by atoms with Crippen LogP contribution in [0.3, 0.4) is 0 Å². The molecule has 60 valence electrons. The maximum Gasteiger partial charge on any atom is 0.0345 e. The highest BCUT2D eigenvalue weighted by Gasteiger charge is 2.13. The fourth-order valence-corrected chi connectivity index (χ4v) is 2.95. The maximum absolute atomic E-state index is 2.31. The van der Waals surface area contributed by atoms with Crippen LogP contribution in [0, 0.1) is 0 Å². The Labute approximate surface area is 75.8 Å². The van der Waals surface area contributed by atoms with E-state index in [4.69, 9.17) is 0 Å². The smallest absolute Gasteiger partial charge is 0.0345 e. The van der Waals surface area contributed by atoms with Gasteiger partial charge < -0.3 is 0 Å². The van der Waals surface area contributed by atoms with E-state index in [9.17, 15) is 0 Å². The lowest BCUT2D eigenvalue weighted by atomic mass is 10.1. The Morgan fingerprint density at radius 3 is 3.08 bits per heavy atom. The monoisotopic (exact) mass is 174 g/mol. The van der Waals surface area contributed by atoms with Gasteiger partial charge in [0, 0.05) is 4.70 Å². The van der Waals surface area contributed by atoms with Gasteiger partial charge in [0.25, 0.3) is 0 Å². The molecule has 0 fully saturated rings. The Balaban J connectivity index is 2.46. The molecule has 1 aliphatic rings. The van der Waals surface area contributed by atoms with Crippen molar-refractivity contribution in [2.75, 3.05) is 0 Å². The molecule has 0 atom stereocenters. The average molecular weight is 174 g/mol. The summed E-state index contributed by atoms with van der Waals surface area (Å²) in [6, 6.07) is 6.84. The largest absolute Gasteiger partial charge is 0.144 e. The Morgan fingerprint density at radius 1 is 1.08 bits per heavy atom. The third-order valence-electron chi connectivity index (χ3n) is 2.72. The normalized spacial score (nSPS) is 15.3. The summed E-state index contributed by atoms with van der Waals surface area (Å²) < 4.78 is 1.45. The van der Waals surface area contributed by atoms with E-state index in [1.54, 1.807) is 11.1 Å². The van der Waals surface area contributed by atoms with Gasteiger partial charge in [-0.05, 0) is 53.3 Å². The molecular formula is C11H10S. The third kappa shape index (κ3) is 0.774. The van der Waals surface area contributed by atoms with Crippen molar-refractivity contribution in [3.05, 3.63) is 34.7 Å². The lowest BCUT2D eigenvalue weighted by Crippen LogP contribution is -1.80. The van der Waals surface area contributed by atoms with Crippen LogP contribution >= 0.6 is 11.3 Å². The number of hydrogen-bond donors (Lipinski definition) is 0. The maximum atomic E-state index is 2.31. The first kappa shape index (κ1) is 6.67. The van der Waals surface area contributed by atoms with Gasteiger partial charge in [0.2, 0.25) is 0 Å². The fourth-order valence-electron chi connectivity index (χ4n) is 2.13. The van der Waals surface area contributed by atoms with Gasteiger partial charge in [0.15, 0.2) is 0 Å². The van der Waals surface area contributed by atoms with Gasteiger partial charge in [-0.2, -0.15) is 0 Å². The Bertz CT molecular complexity index is 425. The van der Waals surface area contributed by atoms with Crippen LogP contribution in [0.1, 0.15) is 17.5 Å². The van der Waals surface area contributed by atoms with Crippen LogP contribution in [0.2, 0.25) is 0 Å². The minimum absolute atomic E-state index is 1.29. The predicted octanol–water partition coefficient (Wildman–Crippen LogP) is 3.39. The van der Waals surface area contributed by atoms with Gasteiger partial charge in [0.05, 0.1) is 0 Å². The van der Waals surface area contributed by atoms with Crippen molar-refractivity contribution in [1.82, 2.24) is 0 Å². The zero-order valence-corrected chi connectivity index (χ0v) is 7.66. The zero-order valence-electron chi connectivity index (χ0n) is 6.84. The van der Waals surface area contributed by atoms with Crippen molar-refractivity contribution in [3.63, 3.8) is 0 Å². The molecule has 0 radical (unpaired) electrons. The van der Waals surface area contributed by atoms with E-state index in [1.165, 1.54) is 29.3 Å². The summed E-state index contributed by atoms with van der Waals surface area (Å²) in [6.45, 7) is 0. The topological polar surface area (TPSA) is 0 Å². The minimum atomic E-state index is 1.29. The Kier molecular flexibility index (Phi) is 1.30. The molecule has 0 N–H and O–H groups in total.